The zero-order valence-corrected chi connectivity index (χ0v) is 14.9. The van der Waals surface area contributed by atoms with E-state index in [1.807, 2.05) is 11.8 Å². The Morgan fingerprint density at radius 2 is 1.84 bits per heavy atom. The van der Waals surface area contributed by atoms with Gasteiger partial charge in [0.25, 0.3) is 0 Å². The second-order valence-corrected chi connectivity index (χ2v) is 7.92. The van der Waals surface area contributed by atoms with E-state index in [4.69, 9.17) is 0 Å². The number of hydrogen-bond acceptors (Lipinski definition) is 2. The summed E-state index contributed by atoms with van der Waals surface area (Å²) < 4.78 is 1.16. The lowest BCUT2D eigenvalue weighted by Crippen LogP contribution is -2.38. The van der Waals surface area contributed by atoms with Gasteiger partial charge in [-0.25, -0.2) is 0 Å². The van der Waals surface area contributed by atoms with Crippen molar-refractivity contribution in [1.82, 2.24) is 5.32 Å². The molecule has 0 fully saturated rings. The topological polar surface area (TPSA) is 12.0 Å². The monoisotopic (exact) mass is 343 g/mol. The number of hydrogen-bond donors (Lipinski definition) is 1. The maximum atomic E-state index is 3.64. The predicted octanol–water partition coefficient (Wildman–Crippen LogP) is 5.06. The van der Waals surface area contributed by atoms with Gasteiger partial charge >= 0.3 is 0 Å². The maximum Gasteiger partial charge on any atom is 0.0175 e. The van der Waals surface area contributed by atoms with Crippen LogP contribution in [0.5, 0.6) is 0 Å². The van der Waals surface area contributed by atoms with Crippen molar-refractivity contribution in [3.63, 3.8) is 0 Å². The first-order valence-corrected chi connectivity index (χ1v) is 9.10. The Morgan fingerprint density at radius 1 is 1.21 bits per heavy atom. The summed E-state index contributed by atoms with van der Waals surface area (Å²) in [6.07, 6.45) is 4.72. The molecule has 108 valence electrons. The Balaban J connectivity index is 2.65. The van der Waals surface area contributed by atoms with Crippen molar-refractivity contribution in [2.24, 2.45) is 0 Å². The molecule has 1 rings (SSSR count). The minimum absolute atomic E-state index is 0.188. The molecule has 0 amide bonds. The van der Waals surface area contributed by atoms with E-state index in [2.05, 4.69) is 72.5 Å². The molecule has 3 heteroatoms. The zero-order chi connectivity index (χ0) is 14.3. The van der Waals surface area contributed by atoms with Gasteiger partial charge in [-0.3, -0.25) is 0 Å². The number of thioether (sulfide) groups is 1. The molecule has 0 aliphatic carbocycles. The van der Waals surface area contributed by atoms with Gasteiger partial charge in [0.15, 0.2) is 0 Å². The Hall–Kier alpha value is 0.01000. The number of rotatable bonds is 7. The molecule has 1 aromatic carbocycles. The highest BCUT2D eigenvalue weighted by atomic mass is 79.9. The number of halogens is 1. The molecule has 1 aromatic rings. The SMILES string of the molecule is CSCCCC(CNC(C)(C)C)c1ccc(Br)cc1. The molecular formula is C16H26BrNS. The average Bonchev–Trinajstić information content (AvgIpc) is 2.34. The normalized spacial score (nSPS) is 13.5. The smallest absolute Gasteiger partial charge is 0.0175 e. The van der Waals surface area contributed by atoms with Gasteiger partial charge < -0.3 is 5.32 Å². The van der Waals surface area contributed by atoms with Crippen LogP contribution >= 0.6 is 27.7 Å². The second-order valence-electron chi connectivity index (χ2n) is 6.01. The van der Waals surface area contributed by atoms with Crippen molar-refractivity contribution in [3.05, 3.63) is 34.3 Å². The maximum absolute atomic E-state index is 3.64. The summed E-state index contributed by atoms with van der Waals surface area (Å²) in [4.78, 5) is 0. The van der Waals surface area contributed by atoms with E-state index >= 15 is 0 Å². The Bertz CT molecular complexity index is 356. The first kappa shape index (κ1) is 17.1. The van der Waals surface area contributed by atoms with Crippen molar-refractivity contribution in [2.45, 2.75) is 45.1 Å². The van der Waals surface area contributed by atoms with Gasteiger partial charge in [0, 0.05) is 16.6 Å². The molecule has 0 aliphatic rings. The minimum Gasteiger partial charge on any atom is -0.311 e. The number of benzene rings is 1. The molecular weight excluding hydrogens is 318 g/mol. The van der Waals surface area contributed by atoms with Crippen LogP contribution in [0.2, 0.25) is 0 Å². The first-order valence-electron chi connectivity index (χ1n) is 6.92. The summed E-state index contributed by atoms with van der Waals surface area (Å²) in [7, 11) is 0. The first-order chi connectivity index (χ1) is 8.92. The third-order valence-electron chi connectivity index (χ3n) is 3.12. The van der Waals surface area contributed by atoms with Gasteiger partial charge in [-0.15, -0.1) is 0 Å². The molecule has 0 saturated heterocycles. The van der Waals surface area contributed by atoms with Gasteiger partial charge in [-0.2, -0.15) is 11.8 Å². The summed E-state index contributed by atoms with van der Waals surface area (Å²) >= 11 is 5.45. The van der Waals surface area contributed by atoms with E-state index in [0.29, 0.717) is 5.92 Å². The van der Waals surface area contributed by atoms with E-state index < -0.39 is 0 Å². The van der Waals surface area contributed by atoms with E-state index in [0.717, 1.165) is 11.0 Å². The van der Waals surface area contributed by atoms with Crippen molar-refractivity contribution < 1.29 is 0 Å². The van der Waals surface area contributed by atoms with Crippen LogP contribution < -0.4 is 5.32 Å². The van der Waals surface area contributed by atoms with Crippen molar-refractivity contribution in [2.75, 3.05) is 18.6 Å². The summed E-state index contributed by atoms with van der Waals surface area (Å²) in [5.74, 6) is 1.86. The van der Waals surface area contributed by atoms with Crippen LogP contribution in [0, 0.1) is 0 Å². The summed E-state index contributed by atoms with van der Waals surface area (Å²) in [6, 6.07) is 8.79. The van der Waals surface area contributed by atoms with Crippen LogP contribution in [-0.4, -0.2) is 24.1 Å². The van der Waals surface area contributed by atoms with E-state index in [-0.39, 0.29) is 5.54 Å². The molecule has 0 spiro atoms. The molecule has 1 atom stereocenters. The third-order valence-corrected chi connectivity index (χ3v) is 4.35. The summed E-state index contributed by atoms with van der Waals surface area (Å²) in [5, 5.41) is 3.64. The quantitative estimate of drug-likeness (QED) is 0.694. The summed E-state index contributed by atoms with van der Waals surface area (Å²) in [6.45, 7) is 7.74. The lowest BCUT2D eigenvalue weighted by molar-refractivity contribution is 0.398. The van der Waals surface area contributed by atoms with Crippen LogP contribution in [0.1, 0.15) is 45.1 Å². The molecule has 0 aromatic heterocycles. The van der Waals surface area contributed by atoms with E-state index in [1.54, 1.807) is 0 Å². The molecule has 1 nitrogen and oxygen atoms in total. The molecule has 1 unspecified atom stereocenters. The molecule has 0 heterocycles. The molecule has 0 aliphatic heterocycles. The average molecular weight is 344 g/mol. The highest BCUT2D eigenvalue weighted by molar-refractivity contribution is 9.10. The second kappa shape index (κ2) is 8.33. The molecule has 19 heavy (non-hydrogen) atoms. The van der Waals surface area contributed by atoms with Gasteiger partial charge in [0.1, 0.15) is 0 Å². The fourth-order valence-electron chi connectivity index (χ4n) is 2.02. The molecule has 0 saturated carbocycles. The molecule has 1 N–H and O–H groups in total. The largest absolute Gasteiger partial charge is 0.311 e. The standard InChI is InChI=1S/C16H26BrNS/c1-16(2,3)18-12-14(6-5-11-19-4)13-7-9-15(17)10-8-13/h7-10,14,18H,5-6,11-12H2,1-4H3. The van der Waals surface area contributed by atoms with Crippen molar-refractivity contribution >= 4 is 27.7 Å². The predicted molar refractivity (Wildman–Crippen MR) is 92.3 cm³/mol. The zero-order valence-electron chi connectivity index (χ0n) is 12.5. The Labute approximate surface area is 131 Å². The van der Waals surface area contributed by atoms with E-state index in [1.165, 1.54) is 24.2 Å². The lowest BCUT2D eigenvalue weighted by atomic mass is 9.93. The Morgan fingerprint density at radius 3 is 2.37 bits per heavy atom. The lowest BCUT2D eigenvalue weighted by Gasteiger charge is -2.25. The van der Waals surface area contributed by atoms with Crippen LogP contribution in [0.25, 0.3) is 0 Å². The van der Waals surface area contributed by atoms with Crippen molar-refractivity contribution in [1.29, 1.82) is 0 Å². The van der Waals surface area contributed by atoms with Crippen LogP contribution in [0.3, 0.4) is 0 Å². The minimum atomic E-state index is 0.188. The van der Waals surface area contributed by atoms with Gasteiger partial charge in [0.2, 0.25) is 0 Å². The van der Waals surface area contributed by atoms with Gasteiger partial charge in [-0.05, 0) is 69.2 Å². The molecule has 0 bridgehead atoms. The fraction of sp³-hybridized carbons (Fsp3) is 0.625. The van der Waals surface area contributed by atoms with Crippen LogP contribution in [-0.2, 0) is 0 Å². The summed E-state index contributed by atoms with van der Waals surface area (Å²) in [5.41, 5.74) is 1.63. The van der Waals surface area contributed by atoms with Gasteiger partial charge in [-0.1, -0.05) is 28.1 Å². The highest BCUT2D eigenvalue weighted by Gasteiger charge is 2.15. The highest BCUT2D eigenvalue weighted by Crippen LogP contribution is 2.24. The Kier molecular flexibility index (Phi) is 7.48. The van der Waals surface area contributed by atoms with Gasteiger partial charge in [0.05, 0.1) is 0 Å². The molecule has 0 radical (unpaired) electrons. The van der Waals surface area contributed by atoms with Crippen molar-refractivity contribution in [3.8, 4) is 0 Å². The van der Waals surface area contributed by atoms with Crippen LogP contribution in [0.4, 0.5) is 0 Å². The number of nitrogens with one attached hydrogen (secondary N) is 1. The van der Waals surface area contributed by atoms with E-state index in [9.17, 15) is 0 Å². The third kappa shape index (κ3) is 7.38. The van der Waals surface area contributed by atoms with Crippen LogP contribution in [0.15, 0.2) is 28.7 Å². The fourth-order valence-corrected chi connectivity index (χ4v) is 2.74.